The van der Waals surface area contributed by atoms with Crippen LogP contribution in [0.25, 0.3) is 0 Å². The van der Waals surface area contributed by atoms with Crippen LogP contribution in [0.5, 0.6) is 5.75 Å². The van der Waals surface area contributed by atoms with E-state index < -0.39 is 30.6 Å². The fourth-order valence-corrected chi connectivity index (χ4v) is 5.54. The smallest absolute Gasteiger partial charge is 0.426 e. The zero-order valence-electron chi connectivity index (χ0n) is 26.0. The first-order valence-corrected chi connectivity index (χ1v) is 15.6. The highest BCUT2D eigenvalue weighted by molar-refractivity contribution is 5.88. The molecule has 3 rings (SSSR count). The molecule has 1 unspecified atom stereocenters. The van der Waals surface area contributed by atoms with Crippen LogP contribution in [-0.2, 0) is 25.2 Å². The lowest BCUT2D eigenvalue weighted by molar-refractivity contribution is -0.185. The summed E-state index contributed by atoms with van der Waals surface area (Å²) in [4.78, 5) is 23.8. The van der Waals surface area contributed by atoms with Gasteiger partial charge in [0, 0.05) is 11.5 Å². The summed E-state index contributed by atoms with van der Waals surface area (Å²) < 4.78 is 45.8. The Balaban J connectivity index is 1.60. The van der Waals surface area contributed by atoms with Crippen molar-refractivity contribution in [2.75, 3.05) is 19.8 Å². The van der Waals surface area contributed by atoms with E-state index in [1.54, 1.807) is 24.3 Å². The quantitative estimate of drug-likeness (QED) is 0.110. The third kappa shape index (κ3) is 10.6. The molecule has 8 heteroatoms. The Bertz CT molecular complexity index is 1230. The van der Waals surface area contributed by atoms with Gasteiger partial charge in [-0.2, -0.15) is 8.78 Å². The number of aliphatic hydroxyl groups is 1. The van der Waals surface area contributed by atoms with Gasteiger partial charge in [0.1, 0.15) is 5.75 Å². The van der Waals surface area contributed by atoms with Gasteiger partial charge in [-0.3, -0.25) is 0 Å². The van der Waals surface area contributed by atoms with Crippen LogP contribution in [0.15, 0.2) is 72.8 Å². The van der Waals surface area contributed by atoms with E-state index in [1.165, 1.54) is 69.7 Å². The lowest BCUT2D eigenvalue weighted by atomic mass is 9.77. The van der Waals surface area contributed by atoms with E-state index in [2.05, 4.69) is 20.1 Å². The average Bonchev–Trinajstić information content (AvgIpc) is 3.02. The number of hydrogen-bond acceptors (Lipinski definition) is 6. The molecule has 0 spiro atoms. The number of ether oxygens (including phenoxy) is 3. The van der Waals surface area contributed by atoms with E-state index in [0.29, 0.717) is 11.5 Å². The zero-order valence-corrected chi connectivity index (χ0v) is 26.0. The number of aliphatic hydroxyl groups excluding tert-OH is 1. The number of esters is 2. The minimum absolute atomic E-state index is 0.0208. The van der Waals surface area contributed by atoms with Gasteiger partial charge >= 0.3 is 18.0 Å². The molecule has 0 aromatic heterocycles. The van der Waals surface area contributed by atoms with E-state index in [-0.39, 0.29) is 42.1 Å². The highest BCUT2D eigenvalue weighted by Crippen LogP contribution is 2.39. The van der Waals surface area contributed by atoms with E-state index in [0.717, 1.165) is 24.3 Å². The van der Waals surface area contributed by atoms with Crippen molar-refractivity contribution >= 4 is 11.9 Å². The molecule has 1 aliphatic carbocycles. The number of carbonyl (C=O) groups excluding carboxylic acids is 2. The maximum absolute atomic E-state index is 15.1. The first-order chi connectivity index (χ1) is 21.0. The molecule has 0 amide bonds. The second kappa shape index (κ2) is 17.1. The first kappa shape index (κ1) is 35.0. The normalized spacial score (nSPS) is 17.4. The summed E-state index contributed by atoms with van der Waals surface area (Å²) in [5.41, 5.74) is 1.72. The molecule has 1 atom stereocenters. The Labute approximate surface area is 260 Å². The lowest BCUT2D eigenvalue weighted by Crippen LogP contribution is -2.22. The third-order valence-corrected chi connectivity index (χ3v) is 8.32. The summed E-state index contributed by atoms with van der Waals surface area (Å²) in [6.45, 7) is 10.2. The molecule has 0 heterocycles. The molecule has 2 aromatic carbocycles. The summed E-state index contributed by atoms with van der Waals surface area (Å²) >= 11 is 0. The fourth-order valence-electron chi connectivity index (χ4n) is 5.54. The largest absolute Gasteiger partial charge is 0.462 e. The van der Waals surface area contributed by atoms with Crippen molar-refractivity contribution in [2.45, 2.75) is 89.6 Å². The van der Waals surface area contributed by atoms with Crippen LogP contribution in [0.1, 0.15) is 100 Å². The van der Waals surface area contributed by atoms with Gasteiger partial charge in [0.2, 0.25) is 0 Å². The minimum atomic E-state index is -3.53. The molecular weight excluding hydrogens is 566 g/mol. The number of hydrogen-bond donors (Lipinski definition) is 1. The minimum Gasteiger partial charge on any atom is -0.462 e. The Morgan fingerprint density at radius 2 is 1.61 bits per heavy atom. The van der Waals surface area contributed by atoms with Gasteiger partial charge in [-0.15, -0.1) is 0 Å². The maximum Gasteiger partial charge on any atom is 0.426 e. The van der Waals surface area contributed by atoms with Gasteiger partial charge < -0.3 is 19.3 Å². The monoisotopic (exact) mass is 612 g/mol. The molecule has 240 valence electrons. The number of carbonyl (C=O) groups is 2. The van der Waals surface area contributed by atoms with Crippen LogP contribution in [-0.4, -0.2) is 36.9 Å². The fraction of sp³-hybridized carbons (Fsp3) is 0.500. The molecule has 2 aromatic rings. The Hall–Kier alpha value is -3.52. The summed E-state index contributed by atoms with van der Waals surface area (Å²) in [7, 11) is 0. The SMILES string of the molecule is C=C(C)C(=O)OCC(CCOC(=O)C(=C)CO)c1ccc(OC(F)(F)c2ccc(C3CCC(CCCCC)CC3)cc2)cc1. The van der Waals surface area contributed by atoms with Crippen LogP contribution in [0, 0.1) is 5.92 Å². The molecule has 1 fully saturated rings. The number of unbranched alkanes of at least 4 members (excludes halogenated alkanes) is 2. The van der Waals surface area contributed by atoms with Crippen molar-refractivity contribution in [3.05, 3.63) is 89.5 Å². The molecular formula is C36H46F2O6. The number of alkyl halides is 2. The van der Waals surface area contributed by atoms with E-state index in [1.807, 2.05) is 0 Å². The van der Waals surface area contributed by atoms with Crippen LogP contribution in [0.3, 0.4) is 0 Å². The molecule has 6 nitrogen and oxygen atoms in total. The van der Waals surface area contributed by atoms with E-state index >= 15 is 8.78 Å². The molecule has 44 heavy (non-hydrogen) atoms. The predicted molar refractivity (Wildman–Crippen MR) is 167 cm³/mol. The second-order valence-corrected chi connectivity index (χ2v) is 11.8. The number of benzene rings is 2. The highest BCUT2D eigenvalue weighted by Gasteiger charge is 2.35. The van der Waals surface area contributed by atoms with Gasteiger partial charge in [-0.25, -0.2) is 9.59 Å². The van der Waals surface area contributed by atoms with Crippen LogP contribution in [0.2, 0.25) is 0 Å². The van der Waals surface area contributed by atoms with Gasteiger partial charge in [0.25, 0.3) is 0 Å². The number of rotatable bonds is 17. The van der Waals surface area contributed by atoms with Gasteiger partial charge in [0.15, 0.2) is 0 Å². The third-order valence-electron chi connectivity index (χ3n) is 8.32. The molecule has 1 N–H and O–H groups in total. The second-order valence-electron chi connectivity index (χ2n) is 11.8. The van der Waals surface area contributed by atoms with Crippen molar-refractivity contribution in [1.29, 1.82) is 0 Å². The number of halogens is 2. The van der Waals surface area contributed by atoms with Gasteiger partial charge in [-0.1, -0.05) is 70.0 Å². The standard InChI is InChI=1S/C36H46F2O6/c1-5-6-7-8-27-9-11-28(12-10-27)29-13-17-32(18-14-29)36(37,38)44-33-19-15-30(16-20-33)31(24-43-34(40)25(2)3)21-22-42-35(41)26(4)23-39/h13-20,27-28,31,39H,2,4-12,21-24H2,1,3H3. The van der Waals surface area contributed by atoms with Crippen molar-refractivity contribution in [3.63, 3.8) is 0 Å². The van der Waals surface area contributed by atoms with E-state index in [4.69, 9.17) is 19.3 Å². The Morgan fingerprint density at radius 3 is 2.20 bits per heavy atom. The van der Waals surface area contributed by atoms with Crippen molar-refractivity contribution < 1.29 is 37.7 Å². The Morgan fingerprint density at radius 1 is 0.955 bits per heavy atom. The summed E-state index contributed by atoms with van der Waals surface area (Å²) in [6.07, 6.45) is 6.47. The van der Waals surface area contributed by atoms with Gasteiger partial charge in [0.05, 0.1) is 31.0 Å². The molecule has 1 saturated carbocycles. The van der Waals surface area contributed by atoms with Crippen molar-refractivity contribution in [1.82, 2.24) is 0 Å². The van der Waals surface area contributed by atoms with Gasteiger partial charge in [-0.05, 0) is 86.3 Å². The first-order valence-electron chi connectivity index (χ1n) is 15.6. The average molecular weight is 613 g/mol. The molecule has 0 bridgehead atoms. The Kier molecular flexibility index (Phi) is 13.6. The van der Waals surface area contributed by atoms with Crippen molar-refractivity contribution in [3.8, 4) is 5.75 Å². The highest BCUT2D eigenvalue weighted by atomic mass is 19.3. The predicted octanol–water partition coefficient (Wildman–Crippen LogP) is 8.35. The maximum atomic E-state index is 15.1. The van der Waals surface area contributed by atoms with Crippen LogP contribution in [0.4, 0.5) is 8.78 Å². The topological polar surface area (TPSA) is 82.1 Å². The van der Waals surface area contributed by atoms with Crippen molar-refractivity contribution in [2.24, 2.45) is 5.92 Å². The molecule has 1 aliphatic rings. The molecule has 0 aliphatic heterocycles. The summed E-state index contributed by atoms with van der Waals surface area (Å²) in [5.74, 6) is -0.517. The molecule has 0 radical (unpaired) electrons. The molecule has 0 saturated heterocycles. The summed E-state index contributed by atoms with van der Waals surface area (Å²) in [6, 6.07) is 12.6. The van der Waals surface area contributed by atoms with E-state index in [9.17, 15) is 9.59 Å². The van der Waals surface area contributed by atoms with Crippen LogP contribution >= 0.6 is 0 Å². The van der Waals surface area contributed by atoms with Crippen LogP contribution < -0.4 is 4.74 Å². The lowest BCUT2D eigenvalue weighted by Gasteiger charge is -2.29. The zero-order chi connectivity index (χ0) is 32.1. The summed E-state index contributed by atoms with van der Waals surface area (Å²) in [5, 5.41) is 9.04.